The molecule has 1 saturated heterocycles. The number of fused-ring (bicyclic) bond motifs is 1. The Bertz CT molecular complexity index is 1100. The minimum Gasteiger partial charge on any atom is -0.338 e. The number of nitro groups is 1. The van der Waals surface area contributed by atoms with Gasteiger partial charge in [-0.1, -0.05) is 24.3 Å². The fourth-order valence-electron chi connectivity index (χ4n) is 2.55. The van der Waals surface area contributed by atoms with Gasteiger partial charge in [0.05, 0.1) is 20.9 Å². The number of hydrogen-bond donors (Lipinski definition) is 2. The van der Waals surface area contributed by atoms with Crippen molar-refractivity contribution in [2.75, 3.05) is 0 Å². The molecular weight excluding hydrogens is 356 g/mol. The monoisotopic (exact) mass is 366 g/mol. The number of imide groups is 1. The van der Waals surface area contributed by atoms with Gasteiger partial charge in [0.1, 0.15) is 5.82 Å². The molecule has 8 nitrogen and oxygen atoms in total. The number of benzene rings is 2. The molecule has 1 fully saturated rings. The van der Waals surface area contributed by atoms with Crippen LogP contribution in [0.1, 0.15) is 5.56 Å². The third-order valence-electron chi connectivity index (χ3n) is 3.80. The zero-order valence-corrected chi connectivity index (χ0v) is 13.9. The predicted molar refractivity (Wildman–Crippen MR) is 97.3 cm³/mol. The Balaban J connectivity index is 1.63. The summed E-state index contributed by atoms with van der Waals surface area (Å²) in [5, 5.41) is 12.7. The number of nitro benzene ring substituents is 1. The molecule has 128 valence electrons. The van der Waals surface area contributed by atoms with E-state index in [1.807, 2.05) is 12.1 Å². The van der Waals surface area contributed by atoms with Crippen LogP contribution in [-0.4, -0.2) is 26.0 Å². The number of non-ortho nitro benzene ring substituents is 1. The summed E-state index contributed by atoms with van der Waals surface area (Å²) >= 11 is 0.864. The largest absolute Gasteiger partial charge is 0.338 e. The molecule has 3 aromatic rings. The number of carbonyl (C=O) groups is 2. The average Bonchev–Trinajstić information content (AvgIpc) is 3.17. The first-order chi connectivity index (χ1) is 12.5. The van der Waals surface area contributed by atoms with E-state index in [4.69, 9.17) is 0 Å². The van der Waals surface area contributed by atoms with Crippen molar-refractivity contribution in [2.45, 2.75) is 0 Å². The lowest BCUT2D eigenvalue weighted by Crippen LogP contribution is -2.17. The normalized spacial score (nSPS) is 15.6. The van der Waals surface area contributed by atoms with E-state index < -0.39 is 10.8 Å². The summed E-state index contributed by atoms with van der Waals surface area (Å²) in [4.78, 5) is 41.0. The Morgan fingerprint density at radius 1 is 1.12 bits per heavy atom. The second kappa shape index (κ2) is 6.12. The van der Waals surface area contributed by atoms with E-state index >= 15 is 0 Å². The van der Waals surface area contributed by atoms with E-state index in [9.17, 15) is 19.7 Å². The Hall–Kier alpha value is -3.46. The number of carbonyl (C=O) groups excluding carboxylic acids is 2. The van der Waals surface area contributed by atoms with Gasteiger partial charge in [0, 0.05) is 17.7 Å². The van der Waals surface area contributed by atoms with Crippen molar-refractivity contribution in [1.82, 2.24) is 15.3 Å². The SMILES string of the molecule is O=C1NC(=O)C(=Cc2ccc(-c3nc4cc([N+](=O)[O-])ccc4[nH]3)cc2)S1. The van der Waals surface area contributed by atoms with Crippen LogP contribution >= 0.6 is 11.8 Å². The van der Waals surface area contributed by atoms with Gasteiger partial charge < -0.3 is 4.98 Å². The van der Waals surface area contributed by atoms with E-state index in [1.165, 1.54) is 12.1 Å². The van der Waals surface area contributed by atoms with Crippen molar-refractivity contribution in [2.24, 2.45) is 0 Å². The number of hydrogen-bond acceptors (Lipinski definition) is 6. The van der Waals surface area contributed by atoms with Gasteiger partial charge in [0.2, 0.25) is 0 Å². The van der Waals surface area contributed by atoms with Crippen molar-refractivity contribution < 1.29 is 14.5 Å². The molecule has 0 bridgehead atoms. The van der Waals surface area contributed by atoms with Crippen LogP contribution in [0.2, 0.25) is 0 Å². The van der Waals surface area contributed by atoms with E-state index in [0.717, 1.165) is 22.9 Å². The number of nitrogens with one attached hydrogen (secondary N) is 2. The van der Waals surface area contributed by atoms with Crippen LogP contribution in [0.4, 0.5) is 10.5 Å². The number of amides is 2. The highest BCUT2D eigenvalue weighted by Gasteiger charge is 2.24. The third-order valence-corrected chi connectivity index (χ3v) is 4.61. The fourth-order valence-corrected chi connectivity index (χ4v) is 3.24. The van der Waals surface area contributed by atoms with Crippen molar-refractivity contribution in [3.63, 3.8) is 0 Å². The smallest absolute Gasteiger partial charge is 0.290 e. The summed E-state index contributed by atoms with van der Waals surface area (Å²) in [6.07, 6.45) is 1.64. The number of imidazole rings is 1. The van der Waals surface area contributed by atoms with Gasteiger partial charge in [-0.2, -0.15) is 0 Å². The molecule has 1 aliphatic heterocycles. The lowest BCUT2D eigenvalue weighted by atomic mass is 10.1. The highest BCUT2D eigenvalue weighted by molar-refractivity contribution is 8.18. The number of aromatic amines is 1. The average molecular weight is 366 g/mol. The fraction of sp³-hybridized carbons (Fsp3) is 0. The molecule has 1 aromatic heterocycles. The molecule has 2 heterocycles. The topological polar surface area (TPSA) is 118 Å². The van der Waals surface area contributed by atoms with Gasteiger partial charge in [-0.25, -0.2) is 4.98 Å². The van der Waals surface area contributed by atoms with Crippen LogP contribution in [-0.2, 0) is 4.79 Å². The second-order valence-electron chi connectivity index (χ2n) is 5.52. The van der Waals surface area contributed by atoms with E-state index in [0.29, 0.717) is 21.8 Å². The van der Waals surface area contributed by atoms with Crippen LogP contribution in [0.3, 0.4) is 0 Å². The van der Waals surface area contributed by atoms with Gasteiger partial charge in [-0.05, 0) is 29.5 Å². The Morgan fingerprint density at radius 2 is 1.88 bits per heavy atom. The summed E-state index contributed by atoms with van der Waals surface area (Å²) in [5.41, 5.74) is 2.77. The number of thioether (sulfide) groups is 1. The number of H-pyrrole nitrogens is 1. The summed E-state index contributed by atoms with van der Waals surface area (Å²) < 4.78 is 0. The number of aromatic nitrogens is 2. The molecule has 2 N–H and O–H groups in total. The molecule has 0 unspecified atom stereocenters. The lowest BCUT2D eigenvalue weighted by molar-refractivity contribution is -0.384. The molecule has 0 radical (unpaired) electrons. The van der Waals surface area contributed by atoms with Crippen LogP contribution in [0.15, 0.2) is 47.4 Å². The molecule has 4 rings (SSSR count). The van der Waals surface area contributed by atoms with Gasteiger partial charge in [-0.15, -0.1) is 0 Å². The number of rotatable bonds is 3. The molecule has 0 spiro atoms. The lowest BCUT2D eigenvalue weighted by Gasteiger charge is -1.99. The summed E-state index contributed by atoms with van der Waals surface area (Å²) in [6, 6.07) is 11.7. The van der Waals surface area contributed by atoms with Crippen LogP contribution < -0.4 is 5.32 Å². The highest BCUT2D eigenvalue weighted by Crippen LogP contribution is 2.27. The van der Waals surface area contributed by atoms with Crippen molar-refractivity contribution in [3.05, 3.63) is 63.0 Å². The van der Waals surface area contributed by atoms with Crippen LogP contribution in [0.5, 0.6) is 0 Å². The van der Waals surface area contributed by atoms with Crippen molar-refractivity contribution in [3.8, 4) is 11.4 Å². The molecular formula is C17H10N4O4S. The predicted octanol–water partition coefficient (Wildman–Crippen LogP) is 3.46. The molecule has 0 aliphatic carbocycles. The Labute approximate surface area is 150 Å². The molecule has 0 atom stereocenters. The molecule has 2 aromatic carbocycles. The summed E-state index contributed by atoms with van der Waals surface area (Å²) in [7, 11) is 0. The summed E-state index contributed by atoms with van der Waals surface area (Å²) in [5.74, 6) is 0.186. The first-order valence-electron chi connectivity index (χ1n) is 7.49. The van der Waals surface area contributed by atoms with Gasteiger partial charge in [0.25, 0.3) is 16.8 Å². The van der Waals surface area contributed by atoms with Crippen LogP contribution in [0, 0.1) is 10.1 Å². The van der Waals surface area contributed by atoms with E-state index in [2.05, 4.69) is 15.3 Å². The first kappa shape index (κ1) is 16.0. The van der Waals surface area contributed by atoms with Gasteiger partial charge in [0.15, 0.2) is 0 Å². The molecule has 26 heavy (non-hydrogen) atoms. The third kappa shape index (κ3) is 2.95. The maximum Gasteiger partial charge on any atom is 0.290 e. The maximum absolute atomic E-state index is 11.6. The van der Waals surface area contributed by atoms with Gasteiger partial charge >= 0.3 is 0 Å². The Kier molecular flexibility index (Phi) is 3.77. The first-order valence-corrected chi connectivity index (χ1v) is 8.31. The standard InChI is InChI=1S/C17H10N4O4S/c22-16-14(26-17(23)20-16)7-9-1-3-10(4-2-9)15-18-12-6-5-11(21(24)25)8-13(12)19-15/h1-8H,(H,18,19)(H,20,22,23). The number of nitrogens with zero attached hydrogens (tertiary/aromatic N) is 2. The Morgan fingerprint density at radius 3 is 2.54 bits per heavy atom. The van der Waals surface area contributed by atoms with E-state index in [-0.39, 0.29) is 10.9 Å². The minimum atomic E-state index is -0.460. The summed E-state index contributed by atoms with van der Waals surface area (Å²) in [6.45, 7) is 0. The minimum absolute atomic E-state index is 0.0144. The molecule has 1 aliphatic rings. The highest BCUT2D eigenvalue weighted by atomic mass is 32.2. The van der Waals surface area contributed by atoms with Crippen molar-refractivity contribution in [1.29, 1.82) is 0 Å². The van der Waals surface area contributed by atoms with E-state index in [1.54, 1.807) is 24.3 Å². The zero-order chi connectivity index (χ0) is 18.3. The van der Waals surface area contributed by atoms with Gasteiger partial charge in [-0.3, -0.25) is 25.0 Å². The quantitative estimate of drug-likeness (QED) is 0.416. The molecule has 2 amide bonds. The van der Waals surface area contributed by atoms with Crippen molar-refractivity contribution >= 4 is 45.7 Å². The second-order valence-corrected chi connectivity index (χ2v) is 6.53. The molecule has 0 saturated carbocycles. The molecule has 9 heteroatoms. The maximum atomic E-state index is 11.6. The van der Waals surface area contributed by atoms with Crippen LogP contribution in [0.25, 0.3) is 28.5 Å². The zero-order valence-electron chi connectivity index (χ0n) is 13.1.